The normalized spacial score (nSPS) is 19.1. The first kappa shape index (κ1) is 12.4. The molecular weight excluding hydrogens is 238 g/mol. The molecule has 1 atom stereocenters. The fourth-order valence-electron chi connectivity index (χ4n) is 2.81. The van der Waals surface area contributed by atoms with Crippen molar-refractivity contribution in [3.63, 3.8) is 0 Å². The van der Waals surface area contributed by atoms with Crippen molar-refractivity contribution in [3.05, 3.63) is 30.1 Å². The number of Topliss-reactive ketones (excluding diaryl/α,β-unsaturated/α-hetero) is 1. The number of imidazole rings is 1. The maximum Gasteiger partial charge on any atom is 0.140 e. The van der Waals surface area contributed by atoms with Gasteiger partial charge in [0.1, 0.15) is 11.6 Å². The van der Waals surface area contributed by atoms with Gasteiger partial charge >= 0.3 is 0 Å². The van der Waals surface area contributed by atoms with Gasteiger partial charge in [0.05, 0.1) is 17.5 Å². The van der Waals surface area contributed by atoms with E-state index in [0.29, 0.717) is 24.5 Å². The number of fused-ring (bicyclic) bond motifs is 1. The molecule has 1 aliphatic rings. The lowest BCUT2D eigenvalue weighted by molar-refractivity contribution is -0.119. The van der Waals surface area contributed by atoms with E-state index in [1.165, 1.54) is 0 Å². The average Bonchev–Trinajstić information content (AvgIpc) is 3.00. The maximum atomic E-state index is 12.1. The molecular formula is C15H19N3O. The van der Waals surface area contributed by atoms with Gasteiger partial charge in [-0.25, -0.2) is 4.98 Å². The van der Waals surface area contributed by atoms with Crippen LogP contribution in [0.2, 0.25) is 0 Å². The van der Waals surface area contributed by atoms with Crippen molar-refractivity contribution in [1.29, 1.82) is 0 Å². The van der Waals surface area contributed by atoms with Crippen molar-refractivity contribution in [2.75, 3.05) is 13.1 Å². The van der Waals surface area contributed by atoms with Gasteiger partial charge in [-0.15, -0.1) is 0 Å². The van der Waals surface area contributed by atoms with Crippen LogP contribution in [0.25, 0.3) is 11.0 Å². The Morgan fingerprint density at radius 1 is 1.47 bits per heavy atom. The van der Waals surface area contributed by atoms with Gasteiger partial charge < -0.3 is 9.88 Å². The number of para-hydroxylation sites is 2. The van der Waals surface area contributed by atoms with E-state index in [0.717, 1.165) is 36.4 Å². The quantitative estimate of drug-likeness (QED) is 0.906. The third kappa shape index (κ3) is 2.54. The standard InChI is InChI=1S/C15H19N3O/c1-18-14-5-3-2-4-13(14)17-15(18)9-12(19)8-11-6-7-16-10-11/h2-5,11,16H,6-10H2,1H3. The molecule has 0 bridgehead atoms. The smallest absolute Gasteiger partial charge is 0.140 e. The molecule has 3 rings (SSSR count). The second-order valence-electron chi connectivity index (χ2n) is 5.35. The number of aromatic nitrogens is 2. The molecule has 4 nitrogen and oxygen atoms in total. The molecule has 0 saturated carbocycles. The van der Waals surface area contributed by atoms with Crippen molar-refractivity contribution in [3.8, 4) is 0 Å². The molecule has 0 spiro atoms. The highest BCUT2D eigenvalue weighted by molar-refractivity contribution is 5.82. The molecule has 1 saturated heterocycles. The molecule has 19 heavy (non-hydrogen) atoms. The van der Waals surface area contributed by atoms with Gasteiger partial charge in [-0.05, 0) is 37.6 Å². The van der Waals surface area contributed by atoms with Crippen molar-refractivity contribution in [1.82, 2.24) is 14.9 Å². The first-order valence-corrected chi connectivity index (χ1v) is 6.87. The van der Waals surface area contributed by atoms with Crippen LogP contribution in [0.1, 0.15) is 18.7 Å². The number of benzene rings is 1. The van der Waals surface area contributed by atoms with E-state index >= 15 is 0 Å². The molecule has 1 fully saturated rings. The number of ketones is 1. The molecule has 2 aromatic rings. The predicted octanol–water partition coefficient (Wildman–Crippen LogP) is 1.68. The summed E-state index contributed by atoms with van der Waals surface area (Å²) in [6.45, 7) is 2.03. The lowest BCUT2D eigenvalue weighted by atomic mass is 10.0. The molecule has 0 amide bonds. The highest BCUT2D eigenvalue weighted by atomic mass is 16.1. The molecule has 0 radical (unpaired) electrons. The average molecular weight is 257 g/mol. The van der Waals surface area contributed by atoms with E-state index in [1.807, 2.05) is 35.9 Å². The molecule has 1 unspecified atom stereocenters. The van der Waals surface area contributed by atoms with Crippen LogP contribution in [0.3, 0.4) is 0 Å². The van der Waals surface area contributed by atoms with Gasteiger partial charge in [0, 0.05) is 13.5 Å². The molecule has 1 aromatic carbocycles. The predicted molar refractivity (Wildman–Crippen MR) is 75.0 cm³/mol. The summed E-state index contributed by atoms with van der Waals surface area (Å²) in [5.74, 6) is 1.69. The largest absolute Gasteiger partial charge is 0.331 e. The van der Waals surface area contributed by atoms with Gasteiger partial charge in [-0.2, -0.15) is 0 Å². The summed E-state index contributed by atoms with van der Waals surface area (Å²) < 4.78 is 2.03. The third-order valence-corrected chi connectivity index (χ3v) is 3.91. The minimum absolute atomic E-state index is 0.298. The van der Waals surface area contributed by atoms with Crippen LogP contribution in [-0.4, -0.2) is 28.4 Å². The van der Waals surface area contributed by atoms with Gasteiger partial charge in [-0.1, -0.05) is 12.1 Å². The third-order valence-electron chi connectivity index (χ3n) is 3.91. The molecule has 4 heteroatoms. The monoisotopic (exact) mass is 257 g/mol. The molecule has 1 N–H and O–H groups in total. The van der Waals surface area contributed by atoms with Crippen LogP contribution < -0.4 is 5.32 Å². The lowest BCUT2D eigenvalue weighted by Crippen LogP contribution is -2.15. The van der Waals surface area contributed by atoms with Crippen LogP contribution >= 0.6 is 0 Å². The van der Waals surface area contributed by atoms with E-state index in [9.17, 15) is 4.79 Å². The fraction of sp³-hybridized carbons (Fsp3) is 0.467. The van der Waals surface area contributed by atoms with Crippen LogP contribution in [-0.2, 0) is 18.3 Å². The van der Waals surface area contributed by atoms with E-state index in [-0.39, 0.29) is 0 Å². The van der Waals surface area contributed by atoms with Crippen LogP contribution in [0, 0.1) is 5.92 Å². The van der Waals surface area contributed by atoms with Crippen molar-refractivity contribution < 1.29 is 4.79 Å². The number of carbonyl (C=O) groups excluding carboxylic acids is 1. The second-order valence-corrected chi connectivity index (χ2v) is 5.35. The zero-order chi connectivity index (χ0) is 13.2. The van der Waals surface area contributed by atoms with Crippen molar-refractivity contribution in [2.45, 2.75) is 19.3 Å². The topological polar surface area (TPSA) is 46.9 Å². The summed E-state index contributed by atoms with van der Waals surface area (Å²) >= 11 is 0. The summed E-state index contributed by atoms with van der Waals surface area (Å²) in [6.07, 6.45) is 2.24. The van der Waals surface area contributed by atoms with E-state index in [1.54, 1.807) is 0 Å². The van der Waals surface area contributed by atoms with Crippen molar-refractivity contribution >= 4 is 16.8 Å². The SMILES string of the molecule is Cn1c(CC(=O)CC2CCNC2)nc2ccccc21. The first-order valence-electron chi connectivity index (χ1n) is 6.87. The van der Waals surface area contributed by atoms with E-state index < -0.39 is 0 Å². The summed E-state index contributed by atoms with van der Waals surface area (Å²) in [5, 5.41) is 3.30. The van der Waals surface area contributed by atoms with Gasteiger partial charge in [0.15, 0.2) is 0 Å². The van der Waals surface area contributed by atoms with Crippen molar-refractivity contribution in [2.24, 2.45) is 13.0 Å². The number of rotatable bonds is 4. The summed E-state index contributed by atoms with van der Waals surface area (Å²) in [6, 6.07) is 8.01. The Kier molecular flexibility index (Phi) is 3.34. The number of carbonyl (C=O) groups is 1. The highest BCUT2D eigenvalue weighted by Crippen LogP contribution is 2.17. The minimum atomic E-state index is 0.298. The van der Waals surface area contributed by atoms with Gasteiger partial charge in [-0.3, -0.25) is 4.79 Å². The lowest BCUT2D eigenvalue weighted by Gasteiger charge is -2.07. The zero-order valence-electron chi connectivity index (χ0n) is 11.2. The van der Waals surface area contributed by atoms with Gasteiger partial charge in [0.2, 0.25) is 0 Å². The fourth-order valence-corrected chi connectivity index (χ4v) is 2.81. The molecule has 100 valence electrons. The first-order chi connectivity index (χ1) is 9.24. The van der Waals surface area contributed by atoms with Crippen LogP contribution in [0.4, 0.5) is 0 Å². The summed E-state index contributed by atoms with van der Waals surface area (Å²) in [7, 11) is 1.98. The van der Waals surface area contributed by atoms with E-state index in [2.05, 4.69) is 10.3 Å². The van der Waals surface area contributed by atoms with Crippen LogP contribution in [0.15, 0.2) is 24.3 Å². The highest BCUT2D eigenvalue weighted by Gasteiger charge is 2.19. The Balaban J connectivity index is 1.73. The Labute approximate surface area is 112 Å². The van der Waals surface area contributed by atoms with Crippen LogP contribution in [0.5, 0.6) is 0 Å². The number of aryl methyl sites for hydroxylation is 1. The Morgan fingerprint density at radius 3 is 3.05 bits per heavy atom. The summed E-state index contributed by atoms with van der Waals surface area (Å²) in [4.78, 5) is 16.7. The number of nitrogens with zero attached hydrogens (tertiary/aromatic N) is 2. The zero-order valence-corrected chi connectivity index (χ0v) is 11.2. The molecule has 1 aromatic heterocycles. The molecule has 1 aliphatic heterocycles. The molecule has 0 aliphatic carbocycles. The Bertz CT molecular complexity index is 596. The summed E-state index contributed by atoms with van der Waals surface area (Å²) in [5.41, 5.74) is 2.06. The number of nitrogens with one attached hydrogen (secondary N) is 1. The number of hydrogen-bond donors (Lipinski definition) is 1. The maximum absolute atomic E-state index is 12.1. The minimum Gasteiger partial charge on any atom is -0.331 e. The molecule has 2 heterocycles. The number of hydrogen-bond acceptors (Lipinski definition) is 3. The Hall–Kier alpha value is -1.68. The van der Waals surface area contributed by atoms with Gasteiger partial charge in [0.25, 0.3) is 0 Å². The van der Waals surface area contributed by atoms with E-state index in [4.69, 9.17) is 0 Å². The second kappa shape index (κ2) is 5.13. The Morgan fingerprint density at radius 2 is 2.32 bits per heavy atom.